The SMILES string of the molecule is C[C@H](Oc1nc(N)nc2c1ncn2[C@H]1C[C@@H](O)[C@@H](COP(=O)(O)OP(=O)(O)OP(=O)(O)O)O1)c1ccc(C#CCN)cc1[N+](=O)[O-].C[C@H](Oc1nc(N)nc2c1ncn2[C@H]1C[C@@H](O)[C@@H](COP(=O)(O)OP(=O)(O)OP(=O)(O)O)O1)c1ccc(C#CCNC(=O)c2ccc(C(=O)[O-])c(C3=c4cc5c6c(c4Oc4c3cc3c7c4CCCN7CCC3)CCC[N+]=6CCC5)c2)cc1[N+](=O)[O-]. The number of aliphatic hydroxyl groups is 2. The number of carbonyl (C=O) groups excluding carboxylic acids is 2. The fourth-order valence-electron chi connectivity index (χ4n) is 16.5. The van der Waals surface area contributed by atoms with Gasteiger partial charge in [-0.05, 0) is 112 Å². The number of fused-ring (bicyclic) bond motifs is 6. The summed E-state index contributed by atoms with van der Waals surface area (Å²) in [4.78, 5) is 151. The molecule has 16 rings (SSSR count). The number of imidazole rings is 2. The minimum atomic E-state index is -5.80. The fourth-order valence-corrected chi connectivity index (χ4v) is 22.6. The number of aryl methyl sites for hydroxylation is 2. The number of rotatable bonds is 28. The molecule has 12 atom stereocenters. The molecule has 131 heavy (non-hydrogen) atoms. The zero-order valence-corrected chi connectivity index (χ0v) is 73.8. The quantitative estimate of drug-likeness (QED) is 0.0109. The Labute approximate surface area is 738 Å². The highest BCUT2D eigenvalue weighted by Gasteiger charge is 2.47. The number of nitro groups is 2. The molecule has 0 bridgehead atoms. The van der Waals surface area contributed by atoms with Crippen molar-refractivity contribution in [3.8, 4) is 46.9 Å². The van der Waals surface area contributed by atoms with Gasteiger partial charge in [-0.2, -0.15) is 37.2 Å². The number of carboxylic acids is 1. The van der Waals surface area contributed by atoms with E-state index in [-0.39, 0.29) is 111 Å². The smallest absolute Gasteiger partial charge is 0.490 e. The molecule has 7 aliphatic heterocycles. The summed E-state index contributed by atoms with van der Waals surface area (Å²) in [5, 5.41) is 63.4. The van der Waals surface area contributed by atoms with Gasteiger partial charge in [0, 0.05) is 106 Å². The van der Waals surface area contributed by atoms with Crippen LogP contribution in [0, 0.1) is 43.9 Å². The number of phosphoric acid groups is 6. The number of carbonyl (C=O) groups is 2. The van der Waals surface area contributed by atoms with Gasteiger partial charge in [0.2, 0.25) is 29.0 Å². The second-order valence-electron chi connectivity index (χ2n) is 30.5. The number of hydrogen-bond donors (Lipinski definition) is 14. The first-order chi connectivity index (χ1) is 61.9. The summed E-state index contributed by atoms with van der Waals surface area (Å²) in [6.07, 6.45) is -0.269. The van der Waals surface area contributed by atoms with Gasteiger partial charge in [-0.3, -0.25) is 43.2 Å². The van der Waals surface area contributed by atoms with Crippen LogP contribution in [0.3, 0.4) is 0 Å². The summed E-state index contributed by atoms with van der Waals surface area (Å²) >= 11 is 0. The number of nitro benzene ring substituents is 2. The standard InChI is InChI=1S/C54H54N9O19P3.C21H26N7O15P3/c1-28(78-52-45-50(58-54(55)59-52)62(27-57-45)43-25-41(64)42(79-43)26-77-84(73,74)82-85(75,76)81-83(70,71)72)33-14-12-29(21-40(33)63(68)69)7-2-16-56-51(65)32-13-15-34(53(66)67)37(24-32)44-38-22-30-8-3-17-60-19-5-10-35(46(30)60)48(38)80-49-36-11-6-20-61-18-4-9-31(47(36)61)23-39(44)49;1-11(13-5-4-12(3-2-6-22)7-14(13)28(30)31)40-20-18-19(25-21(23)26-20)27(10-24-18)17-8-15(29)16(41-17)9-39-45(35,36)43-46(37,38)42-44(32,33)34/h12-15,21-24,27-28,41-43,64H,3-6,8-11,16-20,25-26H2,1H3,(H7-,55,56,58,59,65,66,67,70,71,72,73,74,75,76);4-5,7,10-11,15-17,29H,6,8-9,22H2,1H3,(H,35,36)(H,37,38)(H2,23,25,26)(H2,32,33,34)/t28-,41+,42+,43+;11-,15+,16+,17+/m00/s1. The molecule has 2 fully saturated rings. The summed E-state index contributed by atoms with van der Waals surface area (Å²) in [6, 6.07) is 17.3. The van der Waals surface area contributed by atoms with E-state index >= 15 is 0 Å². The van der Waals surface area contributed by atoms with Crippen molar-refractivity contribution >= 4 is 116 Å². The van der Waals surface area contributed by atoms with Crippen LogP contribution in [0.4, 0.5) is 29.0 Å². The van der Waals surface area contributed by atoms with E-state index in [1.807, 2.05) is 0 Å². The number of aliphatic hydroxyl groups excluding tert-OH is 2. The number of nitrogens with two attached hydrogens (primary N) is 3. The van der Waals surface area contributed by atoms with E-state index in [1.54, 1.807) is 12.1 Å². The number of aromatic carboxylic acids is 1. The van der Waals surface area contributed by atoms with Crippen LogP contribution in [0.1, 0.15) is 153 Å². The number of carboxylic acid groups (broad SMARTS) is 1. The van der Waals surface area contributed by atoms with E-state index in [4.69, 9.17) is 60.5 Å². The molecular weight excluding hydrogens is 1850 g/mol. The third-order valence-electron chi connectivity index (χ3n) is 21.7. The molecule has 11 heterocycles. The maximum Gasteiger partial charge on any atom is 0.490 e. The Morgan fingerprint density at radius 2 is 1.12 bits per heavy atom. The van der Waals surface area contributed by atoms with E-state index in [2.05, 4.69) is 107 Å². The van der Waals surface area contributed by atoms with Crippen LogP contribution < -0.4 is 61.9 Å². The maximum atomic E-state index is 14.1. The first-order valence-corrected chi connectivity index (χ1v) is 48.8. The van der Waals surface area contributed by atoms with Gasteiger partial charge in [-0.1, -0.05) is 29.7 Å². The van der Waals surface area contributed by atoms with Crippen LogP contribution in [-0.2, 0) is 88.8 Å². The summed E-state index contributed by atoms with van der Waals surface area (Å²) in [6.45, 7) is 4.92. The molecule has 0 saturated carbocycles. The lowest BCUT2D eigenvalue weighted by Crippen LogP contribution is -2.45. The fraction of sp³-hybridized carbons (Fsp3) is 0.373. The molecule has 9 aromatic rings. The first-order valence-electron chi connectivity index (χ1n) is 39.8. The van der Waals surface area contributed by atoms with Crippen LogP contribution >= 0.6 is 46.9 Å². The number of anilines is 3. The number of benzene rings is 5. The number of nitrogen functional groups attached to an aromatic ring is 2. The van der Waals surface area contributed by atoms with Gasteiger partial charge in [0.25, 0.3) is 17.3 Å². The van der Waals surface area contributed by atoms with Crippen molar-refractivity contribution in [2.24, 2.45) is 5.73 Å². The van der Waals surface area contributed by atoms with Gasteiger partial charge in [0.15, 0.2) is 22.3 Å². The van der Waals surface area contributed by atoms with Crippen molar-refractivity contribution in [3.63, 3.8) is 0 Å². The molecule has 4 aromatic heterocycles. The van der Waals surface area contributed by atoms with Crippen LogP contribution in [0.15, 0.2) is 79.4 Å². The number of phosphoric ester groups is 2. The highest BCUT2D eigenvalue weighted by Crippen LogP contribution is 2.68. The average molecular weight is 1940 g/mol. The monoisotopic (exact) mass is 1930 g/mol. The molecule has 2 saturated heterocycles. The van der Waals surface area contributed by atoms with Crippen molar-refractivity contribution < 1.29 is 151 Å². The highest BCUT2D eigenvalue weighted by atomic mass is 31.3. The lowest BCUT2D eigenvalue weighted by atomic mass is 9.81. The number of amides is 1. The van der Waals surface area contributed by atoms with Gasteiger partial charge in [-0.15, -0.1) is 0 Å². The van der Waals surface area contributed by atoms with E-state index in [1.165, 1.54) is 100 Å². The minimum Gasteiger partial charge on any atom is -0.545 e. The van der Waals surface area contributed by atoms with Crippen LogP contribution in [0.5, 0.6) is 23.3 Å². The zero-order chi connectivity index (χ0) is 93.9. The van der Waals surface area contributed by atoms with Gasteiger partial charge >= 0.3 is 46.9 Å². The van der Waals surface area contributed by atoms with E-state index in [9.17, 15) is 92.1 Å². The molecule has 0 radical (unpaired) electrons. The Balaban J connectivity index is 0.000000241. The minimum absolute atomic E-state index is 0.00494. The molecule has 694 valence electrons. The molecule has 5 aromatic carbocycles. The summed E-state index contributed by atoms with van der Waals surface area (Å²) in [7, 11) is -33.8. The van der Waals surface area contributed by atoms with Crippen LogP contribution in [0.2, 0.25) is 0 Å². The van der Waals surface area contributed by atoms with Gasteiger partial charge < -0.3 is 110 Å². The van der Waals surface area contributed by atoms with Crippen molar-refractivity contribution in [2.45, 2.75) is 127 Å². The Hall–Kier alpha value is -10.9. The maximum absolute atomic E-state index is 14.1. The topological polar surface area (TPSA) is 733 Å². The lowest BCUT2D eigenvalue weighted by molar-refractivity contribution is -0.386. The Morgan fingerprint density at radius 3 is 1.63 bits per heavy atom. The Morgan fingerprint density at radius 1 is 0.618 bits per heavy atom. The summed E-state index contributed by atoms with van der Waals surface area (Å²) in [5.74, 6) is 9.64. The number of nitrogens with one attached hydrogen (secondary N) is 1. The largest absolute Gasteiger partial charge is 0.545 e. The molecule has 17 N–H and O–H groups in total. The zero-order valence-electron chi connectivity index (χ0n) is 68.4. The van der Waals surface area contributed by atoms with Gasteiger partial charge in [0.1, 0.15) is 61.5 Å². The molecule has 7 aliphatic rings. The van der Waals surface area contributed by atoms with Crippen LogP contribution in [-0.4, -0.2) is 187 Å². The molecular formula is C75H80N16O34P6. The summed E-state index contributed by atoms with van der Waals surface area (Å²) < 4.78 is 129. The van der Waals surface area contributed by atoms with Gasteiger partial charge in [0.05, 0.1) is 83.7 Å². The number of nitrogens with zero attached hydrogens (tertiary/aromatic N) is 12. The van der Waals surface area contributed by atoms with Crippen molar-refractivity contribution in [1.82, 2.24) is 48.9 Å². The van der Waals surface area contributed by atoms with Crippen molar-refractivity contribution in [1.29, 1.82) is 0 Å². The van der Waals surface area contributed by atoms with Crippen LogP contribution in [0.25, 0.3) is 27.9 Å². The third kappa shape index (κ3) is 21.3. The van der Waals surface area contributed by atoms with Crippen molar-refractivity contribution in [3.05, 3.63) is 177 Å². The molecule has 1 amide bonds. The van der Waals surface area contributed by atoms with E-state index < -0.39 is 131 Å². The second-order valence-corrected chi connectivity index (χ2v) is 39.4. The third-order valence-corrected chi connectivity index (χ3v) is 29.4. The average Bonchev–Trinajstić information content (AvgIpc) is 1.29. The highest BCUT2D eigenvalue weighted by molar-refractivity contribution is 7.67. The predicted octanol–water partition coefficient (Wildman–Crippen LogP) is 3.79. The number of hydrogen-bond acceptors (Lipinski definition) is 36. The molecule has 4 unspecified atom stereocenters. The molecule has 0 aliphatic carbocycles. The number of ether oxygens (including phenoxy) is 5. The van der Waals surface area contributed by atoms with Gasteiger partial charge in [-0.25, -0.2) is 41.9 Å². The van der Waals surface area contributed by atoms with Crippen molar-refractivity contribution in [2.75, 3.05) is 68.8 Å². The van der Waals surface area contributed by atoms with E-state index in [0.29, 0.717) is 16.7 Å². The normalized spacial score (nSPS) is 20.8. The lowest BCUT2D eigenvalue weighted by Gasteiger charge is -2.39. The predicted molar refractivity (Wildman–Crippen MR) is 449 cm³/mol. The first kappa shape index (κ1) is 94.8. The second kappa shape index (κ2) is 37.7. The molecule has 0 spiro atoms. The molecule has 56 heteroatoms. The Bertz CT molecular complexity index is 6760. The molecule has 50 nitrogen and oxygen atoms in total. The number of aromatic nitrogens is 8. The van der Waals surface area contributed by atoms with E-state index in [0.717, 1.165) is 111 Å². The Kier molecular flexibility index (Phi) is 27.2. The summed E-state index contributed by atoms with van der Waals surface area (Å²) in [5.41, 5.74) is 25.4.